The van der Waals surface area contributed by atoms with Crippen LogP contribution in [-0.4, -0.2) is 0 Å². The number of rotatable bonds is 0. The highest BCUT2D eigenvalue weighted by Gasteiger charge is 2.04. The molecule has 1 aromatic heterocycles. The molecule has 1 heteroatoms. The zero-order valence-electron chi connectivity index (χ0n) is 7.10. The molecule has 1 heterocycles. The first-order valence-corrected chi connectivity index (χ1v) is 3.55. The predicted octanol–water partition coefficient (Wildman–Crippen LogP) is 1.44. The van der Waals surface area contributed by atoms with Crippen LogP contribution in [0.1, 0.15) is 16.8 Å². The van der Waals surface area contributed by atoms with Gasteiger partial charge in [0, 0.05) is 18.6 Å². The number of nitrogens with zero attached hydrogens (tertiary/aromatic N) is 1. The van der Waals surface area contributed by atoms with Crippen molar-refractivity contribution in [1.82, 2.24) is 0 Å². The van der Waals surface area contributed by atoms with Crippen LogP contribution in [0.2, 0.25) is 0 Å². The SMILES string of the molecule is Cc1cc[n+](C)c(C)c1C. The Morgan fingerprint density at radius 3 is 2.30 bits per heavy atom. The number of aromatic nitrogens is 1. The molecule has 0 atom stereocenters. The van der Waals surface area contributed by atoms with Gasteiger partial charge in [-0.3, -0.25) is 0 Å². The first-order valence-electron chi connectivity index (χ1n) is 3.55. The summed E-state index contributed by atoms with van der Waals surface area (Å²) in [6.45, 7) is 6.44. The summed E-state index contributed by atoms with van der Waals surface area (Å²) in [4.78, 5) is 0. The second-order valence-electron chi connectivity index (χ2n) is 2.82. The van der Waals surface area contributed by atoms with Crippen molar-refractivity contribution in [1.29, 1.82) is 0 Å². The fourth-order valence-corrected chi connectivity index (χ4v) is 1.01. The van der Waals surface area contributed by atoms with E-state index in [1.54, 1.807) is 0 Å². The van der Waals surface area contributed by atoms with E-state index in [-0.39, 0.29) is 0 Å². The van der Waals surface area contributed by atoms with Crippen molar-refractivity contribution in [3.05, 3.63) is 29.1 Å². The molecular weight excluding hydrogens is 122 g/mol. The Labute approximate surface area is 62.3 Å². The summed E-state index contributed by atoms with van der Waals surface area (Å²) in [5, 5.41) is 0. The van der Waals surface area contributed by atoms with Crippen molar-refractivity contribution in [2.75, 3.05) is 0 Å². The maximum absolute atomic E-state index is 2.16. The number of hydrogen-bond donors (Lipinski definition) is 0. The number of pyridine rings is 1. The first kappa shape index (κ1) is 7.26. The molecule has 54 valence electrons. The van der Waals surface area contributed by atoms with Crippen molar-refractivity contribution in [2.24, 2.45) is 7.05 Å². The molecule has 0 fully saturated rings. The van der Waals surface area contributed by atoms with Gasteiger partial charge in [0.25, 0.3) is 0 Å². The average Bonchev–Trinajstić information content (AvgIpc) is 1.93. The molecule has 0 unspecified atom stereocenters. The molecule has 0 radical (unpaired) electrons. The number of aryl methyl sites for hydroxylation is 2. The Hall–Kier alpha value is -0.850. The largest absolute Gasteiger partial charge is 0.205 e. The van der Waals surface area contributed by atoms with Gasteiger partial charge in [-0.05, 0) is 19.4 Å². The monoisotopic (exact) mass is 136 g/mol. The van der Waals surface area contributed by atoms with Gasteiger partial charge in [-0.15, -0.1) is 0 Å². The molecule has 1 aromatic rings. The van der Waals surface area contributed by atoms with Crippen LogP contribution in [0, 0.1) is 20.8 Å². The van der Waals surface area contributed by atoms with E-state index in [2.05, 4.69) is 44.6 Å². The molecule has 0 spiro atoms. The van der Waals surface area contributed by atoms with Crippen molar-refractivity contribution < 1.29 is 4.57 Å². The average molecular weight is 136 g/mol. The third-order valence-electron chi connectivity index (χ3n) is 2.21. The lowest BCUT2D eigenvalue weighted by molar-refractivity contribution is -0.678. The maximum atomic E-state index is 2.16. The van der Waals surface area contributed by atoms with E-state index in [1.807, 2.05) is 0 Å². The van der Waals surface area contributed by atoms with Crippen LogP contribution in [0.4, 0.5) is 0 Å². The molecule has 1 rings (SSSR count). The van der Waals surface area contributed by atoms with Crippen LogP contribution >= 0.6 is 0 Å². The summed E-state index contributed by atoms with van der Waals surface area (Å²) in [7, 11) is 2.07. The van der Waals surface area contributed by atoms with Crippen LogP contribution in [0.3, 0.4) is 0 Å². The predicted molar refractivity (Wildman–Crippen MR) is 41.8 cm³/mol. The summed E-state index contributed by atoms with van der Waals surface area (Å²) in [5.41, 5.74) is 4.11. The van der Waals surface area contributed by atoms with Gasteiger partial charge in [-0.1, -0.05) is 0 Å². The third kappa shape index (κ3) is 1.04. The van der Waals surface area contributed by atoms with Crippen LogP contribution < -0.4 is 4.57 Å². The van der Waals surface area contributed by atoms with Crippen LogP contribution in [0.25, 0.3) is 0 Å². The molecule has 0 aliphatic carbocycles. The minimum absolute atomic E-state index is 1.35. The van der Waals surface area contributed by atoms with Crippen molar-refractivity contribution >= 4 is 0 Å². The highest BCUT2D eigenvalue weighted by Crippen LogP contribution is 2.05. The minimum atomic E-state index is 1.35. The van der Waals surface area contributed by atoms with Gasteiger partial charge in [0.2, 0.25) is 0 Å². The molecule has 0 bridgehead atoms. The Morgan fingerprint density at radius 2 is 1.80 bits per heavy atom. The van der Waals surface area contributed by atoms with Crippen molar-refractivity contribution in [2.45, 2.75) is 20.8 Å². The fraction of sp³-hybridized carbons (Fsp3) is 0.444. The fourth-order valence-electron chi connectivity index (χ4n) is 1.01. The highest BCUT2D eigenvalue weighted by atomic mass is 14.9. The van der Waals surface area contributed by atoms with Crippen molar-refractivity contribution in [3.8, 4) is 0 Å². The topological polar surface area (TPSA) is 3.88 Å². The van der Waals surface area contributed by atoms with E-state index in [0.717, 1.165) is 0 Å². The van der Waals surface area contributed by atoms with E-state index in [0.29, 0.717) is 0 Å². The molecule has 0 saturated carbocycles. The standard InChI is InChI=1S/C9H14N/c1-7-5-6-10(4)9(3)8(7)2/h5-6H,1-4H3/q+1. The van der Waals surface area contributed by atoms with E-state index in [4.69, 9.17) is 0 Å². The van der Waals surface area contributed by atoms with Gasteiger partial charge in [0.1, 0.15) is 7.05 Å². The van der Waals surface area contributed by atoms with Gasteiger partial charge in [0.05, 0.1) is 0 Å². The Balaban J connectivity index is 3.34. The Bertz CT molecular complexity index is 224. The second kappa shape index (κ2) is 2.41. The number of hydrogen-bond acceptors (Lipinski definition) is 0. The lowest BCUT2D eigenvalue weighted by atomic mass is 10.1. The molecule has 0 amide bonds. The summed E-state index contributed by atoms with van der Waals surface area (Å²) >= 11 is 0. The zero-order valence-corrected chi connectivity index (χ0v) is 7.10. The normalized spacial score (nSPS) is 10.0. The van der Waals surface area contributed by atoms with E-state index >= 15 is 0 Å². The second-order valence-corrected chi connectivity index (χ2v) is 2.82. The van der Waals surface area contributed by atoms with Gasteiger partial charge < -0.3 is 0 Å². The molecule has 0 N–H and O–H groups in total. The summed E-state index contributed by atoms with van der Waals surface area (Å²) in [5.74, 6) is 0. The van der Waals surface area contributed by atoms with E-state index in [9.17, 15) is 0 Å². The maximum Gasteiger partial charge on any atom is 0.181 e. The van der Waals surface area contributed by atoms with Crippen LogP contribution in [0.5, 0.6) is 0 Å². The molecule has 0 saturated heterocycles. The lowest BCUT2D eigenvalue weighted by Gasteiger charge is -2.00. The Morgan fingerprint density at radius 1 is 1.20 bits per heavy atom. The van der Waals surface area contributed by atoms with E-state index in [1.165, 1.54) is 16.8 Å². The summed E-state index contributed by atoms with van der Waals surface area (Å²) in [6.07, 6.45) is 2.09. The van der Waals surface area contributed by atoms with Gasteiger partial charge in [-0.25, -0.2) is 4.57 Å². The van der Waals surface area contributed by atoms with Gasteiger partial charge in [-0.2, -0.15) is 0 Å². The third-order valence-corrected chi connectivity index (χ3v) is 2.21. The van der Waals surface area contributed by atoms with Gasteiger partial charge in [0.15, 0.2) is 11.9 Å². The summed E-state index contributed by atoms with van der Waals surface area (Å²) < 4.78 is 2.14. The molecule has 0 aliphatic rings. The molecule has 0 aliphatic heterocycles. The quantitative estimate of drug-likeness (QED) is 0.475. The molecular formula is C9H14N+. The van der Waals surface area contributed by atoms with Crippen LogP contribution in [-0.2, 0) is 7.05 Å². The Kier molecular flexibility index (Phi) is 1.75. The molecule has 10 heavy (non-hydrogen) atoms. The first-order chi connectivity index (χ1) is 4.63. The molecule has 0 aromatic carbocycles. The van der Waals surface area contributed by atoms with Crippen molar-refractivity contribution in [3.63, 3.8) is 0 Å². The zero-order chi connectivity index (χ0) is 7.72. The van der Waals surface area contributed by atoms with E-state index < -0.39 is 0 Å². The lowest BCUT2D eigenvalue weighted by Crippen LogP contribution is -2.32. The smallest absolute Gasteiger partial charge is 0.181 e. The molecule has 1 nitrogen and oxygen atoms in total. The summed E-state index contributed by atoms with van der Waals surface area (Å²) in [6, 6.07) is 2.14. The minimum Gasteiger partial charge on any atom is -0.205 e. The highest BCUT2D eigenvalue weighted by molar-refractivity contribution is 5.22. The van der Waals surface area contributed by atoms with Crippen LogP contribution in [0.15, 0.2) is 12.3 Å². The van der Waals surface area contributed by atoms with Gasteiger partial charge >= 0.3 is 0 Å².